The van der Waals surface area contributed by atoms with Crippen molar-refractivity contribution in [1.82, 2.24) is 34.6 Å². The molecule has 7 rings (SSSR count). The van der Waals surface area contributed by atoms with E-state index in [-0.39, 0.29) is 29.7 Å². The summed E-state index contributed by atoms with van der Waals surface area (Å²) in [6.07, 6.45) is 6.86. The van der Waals surface area contributed by atoms with Gasteiger partial charge in [0, 0.05) is 36.7 Å². The Morgan fingerprint density at radius 1 is 0.962 bits per heavy atom. The fourth-order valence-electron chi connectivity index (χ4n) is 7.52. The van der Waals surface area contributed by atoms with E-state index in [0.717, 1.165) is 84.4 Å². The van der Waals surface area contributed by atoms with E-state index in [1.807, 2.05) is 79.3 Å². The summed E-state index contributed by atoms with van der Waals surface area (Å²) in [6.45, 7) is 12.4. The lowest BCUT2D eigenvalue weighted by molar-refractivity contribution is 0.171. The molecule has 3 aromatic heterocycles. The summed E-state index contributed by atoms with van der Waals surface area (Å²) in [7, 11) is 4.06. The van der Waals surface area contributed by atoms with Gasteiger partial charge in [-0.2, -0.15) is 5.10 Å². The summed E-state index contributed by atoms with van der Waals surface area (Å²) >= 11 is 0. The maximum atomic E-state index is 13.8. The highest BCUT2D eigenvalue weighted by Gasteiger charge is 2.31. The van der Waals surface area contributed by atoms with Crippen molar-refractivity contribution in [3.63, 3.8) is 0 Å². The number of rotatable bonds is 10. The van der Waals surface area contributed by atoms with E-state index < -0.39 is 0 Å². The van der Waals surface area contributed by atoms with Crippen LogP contribution < -0.4 is 25.0 Å². The van der Waals surface area contributed by atoms with Gasteiger partial charge in [0.2, 0.25) is 5.95 Å². The zero-order valence-electron chi connectivity index (χ0n) is 32.0. The van der Waals surface area contributed by atoms with Crippen molar-refractivity contribution in [2.75, 3.05) is 37.4 Å². The molecule has 0 saturated carbocycles. The number of nitrogens with one attached hydrogen (secondary N) is 2. The first kappa shape index (κ1) is 36.3. The van der Waals surface area contributed by atoms with Gasteiger partial charge in [-0.25, -0.2) is 9.48 Å². The van der Waals surface area contributed by atoms with Gasteiger partial charge in [0.25, 0.3) is 0 Å². The van der Waals surface area contributed by atoms with E-state index in [4.69, 9.17) is 14.6 Å². The molecule has 53 heavy (non-hydrogen) atoms. The second-order valence-electron chi connectivity index (χ2n) is 15.9. The van der Waals surface area contributed by atoms with Gasteiger partial charge in [-0.3, -0.25) is 9.72 Å². The predicted molar refractivity (Wildman–Crippen MR) is 208 cm³/mol. The Hall–Kier alpha value is -5.10. The number of likely N-dealkylation sites (N-methyl/N-ethyl adjacent to an activating group) is 1. The van der Waals surface area contributed by atoms with E-state index in [9.17, 15) is 4.79 Å². The van der Waals surface area contributed by atoms with Crippen molar-refractivity contribution in [3.8, 4) is 17.2 Å². The zero-order valence-corrected chi connectivity index (χ0v) is 32.0. The maximum absolute atomic E-state index is 13.8. The lowest BCUT2D eigenvalue weighted by Crippen LogP contribution is -2.38. The molecule has 4 atom stereocenters. The minimum absolute atomic E-state index is 0.00802. The molecule has 1 saturated heterocycles. The average molecular weight is 720 g/mol. The quantitative estimate of drug-likeness (QED) is 0.151. The first-order valence-corrected chi connectivity index (χ1v) is 18.9. The summed E-state index contributed by atoms with van der Waals surface area (Å²) in [6, 6.07) is 21.9. The molecule has 12 heteroatoms. The number of aromatic nitrogens is 5. The topological polar surface area (TPSA) is 114 Å². The fourth-order valence-corrected chi connectivity index (χ4v) is 7.52. The van der Waals surface area contributed by atoms with Crippen LogP contribution in [0.5, 0.6) is 11.5 Å². The third kappa shape index (κ3) is 8.12. The molecule has 0 bridgehead atoms. The molecule has 2 amide bonds. The highest BCUT2D eigenvalue weighted by atomic mass is 16.5. The number of hydrogen-bond donors (Lipinski definition) is 2. The summed E-state index contributed by atoms with van der Waals surface area (Å²) in [5, 5.41) is 20.3. The third-order valence-corrected chi connectivity index (χ3v) is 10.2. The van der Waals surface area contributed by atoms with Crippen molar-refractivity contribution >= 4 is 23.4 Å². The molecule has 1 aliphatic carbocycles. The number of anilines is 2. The number of benzene rings is 2. The molecule has 1 fully saturated rings. The van der Waals surface area contributed by atoms with Crippen molar-refractivity contribution in [3.05, 3.63) is 89.7 Å². The second kappa shape index (κ2) is 15.1. The first-order valence-electron chi connectivity index (χ1n) is 18.9. The Morgan fingerprint density at radius 2 is 1.77 bits per heavy atom. The third-order valence-electron chi connectivity index (χ3n) is 10.2. The van der Waals surface area contributed by atoms with Crippen LogP contribution in [0.25, 0.3) is 11.3 Å². The van der Waals surface area contributed by atoms with Gasteiger partial charge >= 0.3 is 6.03 Å². The van der Waals surface area contributed by atoms with Crippen LogP contribution in [0.2, 0.25) is 0 Å². The molecular formula is C41H53N9O3. The monoisotopic (exact) mass is 719 g/mol. The fraction of sp³-hybridized carbons (Fsp3) is 0.463. The van der Waals surface area contributed by atoms with Crippen LogP contribution in [0.1, 0.15) is 95.7 Å². The van der Waals surface area contributed by atoms with Gasteiger partial charge in [0.05, 0.1) is 23.6 Å². The Morgan fingerprint density at radius 3 is 2.55 bits per heavy atom. The summed E-state index contributed by atoms with van der Waals surface area (Å²) < 4.78 is 16.7. The Balaban J connectivity index is 1.08. The molecular weight excluding hydrogens is 667 g/mol. The van der Waals surface area contributed by atoms with E-state index in [1.165, 1.54) is 6.42 Å². The molecule has 0 spiro atoms. The number of carbonyl (C=O) groups is 1. The number of piperidine rings is 1. The largest absolute Gasteiger partial charge is 0.489 e. The molecule has 4 heterocycles. The highest BCUT2D eigenvalue weighted by Crippen LogP contribution is 2.39. The van der Waals surface area contributed by atoms with Crippen molar-refractivity contribution in [1.29, 1.82) is 0 Å². The van der Waals surface area contributed by atoms with Crippen LogP contribution in [0.15, 0.2) is 72.9 Å². The number of pyridine rings is 1. The number of urea groups is 1. The van der Waals surface area contributed by atoms with Gasteiger partial charge < -0.3 is 24.6 Å². The number of hydrogen-bond acceptors (Lipinski definition) is 8. The van der Waals surface area contributed by atoms with Gasteiger partial charge in [0.15, 0.2) is 5.65 Å². The number of carbonyl (C=O) groups excluding carboxylic acids is 1. The zero-order chi connectivity index (χ0) is 37.3. The molecule has 2 aromatic carbocycles. The Bertz CT molecular complexity index is 2050. The van der Waals surface area contributed by atoms with Crippen LogP contribution in [0.4, 0.5) is 16.6 Å². The van der Waals surface area contributed by atoms with E-state index in [1.54, 1.807) is 4.68 Å². The van der Waals surface area contributed by atoms with E-state index in [2.05, 4.69) is 77.4 Å². The minimum atomic E-state index is -0.296. The maximum Gasteiger partial charge on any atom is 0.320 e. The number of amides is 2. The van der Waals surface area contributed by atoms with Crippen LogP contribution >= 0.6 is 0 Å². The molecule has 2 aliphatic rings. The van der Waals surface area contributed by atoms with E-state index in [0.29, 0.717) is 11.9 Å². The lowest BCUT2D eigenvalue weighted by atomic mass is 9.85. The van der Waals surface area contributed by atoms with Crippen molar-refractivity contribution < 1.29 is 14.3 Å². The van der Waals surface area contributed by atoms with Gasteiger partial charge in [0.1, 0.15) is 29.5 Å². The normalized spacial score (nSPS) is 19.5. The molecule has 1 aliphatic heterocycles. The molecule has 2 N–H and O–H groups in total. The van der Waals surface area contributed by atoms with Crippen LogP contribution in [0, 0.1) is 0 Å². The second-order valence-corrected chi connectivity index (χ2v) is 15.9. The average Bonchev–Trinajstić information content (AvgIpc) is 3.74. The standard InChI is InChI=1S/C41H53N9O3/c1-27-13-10-11-22-48(27)40-45-44-37-21-18-31(26-49(37)40)53-35-20-19-34(32-16-8-9-17-33(32)35)42-39(51)43-38-24-36(41(3,4)5)46-50(38)29-14-12-15-30(23-29)52-28(2)25-47(6)7/h8-9,12,14-18,21,23-24,26-28,34-35H,10-11,13,19-20,22,25H2,1-7H3,(H2,42,43,51)/t27-,28+,34-,35+/m0/s1. The first-order chi connectivity index (χ1) is 25.4. The Kier molecular flexibility index (Phi) is 10.3. The van der Waals surface area contributed by atoms with Crippen molar-refractivity contribution in [2.24, 2.45) is 0 Å². The van der Waals surface area contributed by atoms with Gasteiger partial charge in [-0.15, -0.1) is 10.2 Å². The SMILES string of the molecule is C[C@H](CN(C)C)Oc1cccc(-n2nc(C(C)(C)C)cc2NC(=O)N[C@H]2CC[C@@H](Oc3ccc4nnc(N5CCCC[C@@H]5C)n4c3)c3ccccc32)c1. The molecule has 0 unspecified atom stereocenters. The number of fused-ring (bicyclic) bond motifs is 2. The summed E-state index contributed by atoms with van der Waals surface area (Å²) in [5.74, 6) is 2.95. The van der Waals surface area contributed by atoms with Crippen LogP contribution in [-0.4, -0.2) is 74.6 Å². The molecule has 5 aromatic rings. The Labute approximate surface area is 312 Å². The molecule has 280 valence electrons. The number of ether oxygens (including phenoxy) is 2. The highest BCUT2D eigenvalue weighted by molar-refractivity contribution is 5.89. The van der Waals surface area contributed by atoms with Crippen LogP contribution in [0.3, 0.4) is 0 Å². The minimum Gasteiger partial charge on any atom is -0.489 e. The summed E-state index contributed by atoms with van der Waals surface area (Å²) in [4.78, 5) is 18.2. The van der Waals surface area contributed by atoms with Crippen LogP contribution in [-0.2, 0) is 5.41 Å². The number of nitrogens with zero attached hydrogens (tertiary/aromatic N) is 7. The summed E-state index contributed by atoms with van der Waals surface area (Å²) in [5.41, 5.74) is 4.36. The van der Waals surface area contributed by atoms with Gasteiger partial charge in [-0.1, -0.05) is 51.1 Å². The lowest BCUT2D eigenvalue weighted by Gasteiger charge is -2.33. The van der Waals surface area contributed by atoms with Crippen molar-refractivity contribution in [2.45, 2.75) is 96.4 Å². The van der Waals surface area contributed by atoms with E-state index >= 15 is 0 Å². The molecule has 0 radical (unpaired) electrons. The molecule has 12 nitrogen and oxygen atoms in total. The van der Waals surface area contributed by atoms with Gasteiger partial charge in [-0.05, 0) is 95.4 Å². The smallest absolute Gasteiger partial charge is 0.320 e. The predicted octanol–water partition coefficient (Wildman–Crippen LogP) is 7.70.